The lowest BCUT2D eigenvalue weighted by Gasteiger charge is -2.45. The van der Waals surface area contributed by atoms with Crippen LogP contribution in [0.2, 0.25) is 0 Å². The summed E-state index contributed by atoms with van der Waals surface area (Å²) in [6, 6.07) is 17.5. The highest BCUT2D eigenvalue weighted by molar-refractivity contribution is 5.85. The second kappa shape index (κ2) is 15.5. The minimum atomic E-state index is -1.30. The topological polar surface area (TPSA) is 191 Å². The van der Waals surface area contributed by atoms with Crippen molar-refractivity contribution in [2.75, 3.05) is 6.54 Å². The minimum absolute atomic E-state index is 0.0669. The molecule has 5 N–H and O–H groups in total. The van der Waals surface area contributed by atoms with Crippen LogP contribution in [0.4, 0.5) is 9.59 Å². The molecule has 0 aliphatic carbocycles. The molecule has 44 heavy (non-hydrogen) atoms. The number of alkyl carbamates (subject to hydrolysis) is 2. The third-order valence-electron chi connectivity index (χ3n) is 7.32. The lowest BCUT2D eigenvalue weighted by molar-refractivity contribution is -0.134. The second-order valence-corrected chi connectivity index (χ2v) is 13.0. The molecule has 1 aliphatic heterocycles. The number of aliphatic hydroxyl groups excluding tert-OH is 1. The van der Waals surface area contributed by atoms with Gasteiger partial charge in [-0.1, -0.05) is 60.7 Å². The summed E-state index contributed by atoms with van der Waals surface area (Å²) in [7, 11) is 0. The van der Waals surface area contributed by atoms with Gasteiger partial charge in [-0.2, -0.15) is 0 Å². The normalized spacial score (nSPS) is 19.9. The molecule has 0 unspecified atom stereocenters. The highest BCUT2D eigenvalue weighted by atomic mass is 16.6. The van der Waals surface area contributed by atoms with Crippen molar-refractivity contribution in [3.63, 3.8) is 0 Å². The number of primary amides is 1. The summed E-state index contributed by atoms with van der Waals surface area (Å²) < 4.78 is 10.9. The molecule has 0 aromatic heterocycles. The maximum absolute atomic E-state index is 13.3. The van der Waals surface area contributed by atoms with Crippen molar-refractivity contribution in [3.8, 4) is 0 Å². The third kappa shape index (κ3) is 10.5. The zero-order chi connectivity index (χ0) is 33.1. The van der Waals surface area contributed by atoms with Crippen LogP contribution in [-0.2, 0) is 27.3 Å². The van der Waals surface area contributed by atoms with Gasteiger partial charge in [-0.25, -0.2) is 9.59 Å². The van der Waals surface area contributed by atoms with Gasteiger partial charge in [0, 0.05) is 35.3 Å². The fourth-order valence-electron chi connectivity index (χ4n) is 5.55. The molecule has 2 aromatic rings. The first kappa shape index (κ1) is 36.0. The van der Waals surface area contributed by atoms with Crippen LogP contribution in [0.1, 0.15) is 65.5 Å². The van der Waals surface area contributed by atoms with E-state index < -0.39 is 53.0 Å². The van der Waals surface area contributed by atoms with E-state index in [9.17, 15) is 19.5 Å². The van der Waals surface area contributed by atoms with E-state index in [2.05, 4.69) is 10.6 Å². The quantitative estimate of drug-likeness (QED) is 0.289. The van der Waals surface area contributed by atoms with Gasteiger partial charge in [0.1, 0.15) is 17.7 Å². The SMILES string of the molecule is CC(C)(C)OC(=O)N[C@H]1CN(C(C)(C)C)[C@](C[C@@H](O)[C@H](Cc2ccccc2)NC(=O)OCc2ccccc2)(C(N)=O)C1.N#N. The number of aliphatic hydroxyl groups is 1. The Morgan fingerprint density at radius 3 is 2.02 bits per heavy atom. The Morgan fingerprint density at radius 2 is 1.52 bits per heavy atom. The van der Waals surface area contributed by atoms with E-state index in [0.717, 1.165) is 11.1 Å². The molecule has 0 saturated carbocycles. The van der Waals surface area contributed by atoms with Crippen molar-refractivity contribution in [1.29, 1.82) is 10.8 Å². The number of nitrogens with one attached hydrogen (secondary N) is 2. The van der Waals surface area contributed by atoms with Gasteiger partial charge in [-0.3, -0.25) is 9.69 Å². The largest absolute Gasteiger partial charge is 0.445 e. The van der Waals surface area contributed by atoms with Crippen molar-refractivity contribution >= 4 is 18.1 Å². The molecular formula is C32H46N6O6. The molecule has 12 nitrogen and oxygen atoms in total. The van der Waals surface area contributed by atoms with E-state index in [0.29, 0.717) is 13.0 Å². The predicted octanol–water partition coefficient (Wildman–Crippen LogP) is 3.93. The number of rotatable bonds is 10. The number of nitrogens with two attached hydrogens (primary N) is 1. The summed E-state index contributed by atoms with van der Waals surface area (Å²) in [5.74, 6) is -0.616. The molecule has 1 saturated heterocycles. The molecular weight excluding hydrogens is 564 g/mol. The van der Waals surface area contributed by atoms with E-state index >= 15 is 0 Å². The van der Waals surface area contributed by atoms with Crippen LogP contribution in [0, 0.1) is 10.8 Å². The molecule has 4 atom stereocenters. The van der Waals surface area contributed by atoms with Crippen molar-refractivity contribution in [3.05, 3.63) is 71.8 Å². The smallest absolute Gasteiger partial charge is 0.407 e. The molecule has 1 aliphatic rings. The Hall–Kier alpha value is -4.21. The van der Waals surface area contributed by atoms with E-state index in [1.54, 1.807) is 20.8 Å². The number of ether oxygens (including phenoxy) is 2. The number of hydrogen-bond acceptors (Lipinski definition) is 9. The van der Waals surface area contributed by atoms with Crippen molar-refractivity contribution in [2.24, 2.45) is 5.73 Å². The van der Waals surface area contributed by atoms with Crippen LogP contribution in [-0.4, -0.2) is 69.5 Å². The number of benzene rings is 2. The molecule has 12 heteroatoms. The summed E-state index contributed by atoms with van der Waals surface area (Å²) >= 11 is 0. The van der Waals surface area contributed by atoms with Gasteiger partial charge in [-0.15, -0.1) is 0 Å². The predicted molar refractivity (Wildman–Crippen MR) is 164 cm³/mol. The summed E-state index contributed by atoms with van der Waals surface area (Å²) in [5.41, 5.74) is 5.28. The van der Waals surface area contributed by atoms with E-state index in [1.807, 2.05) is 86.3 Å². The summed E-state index contributed by atoms with van der Waals surface area (Å²) in [4.78, 5) is 40.7. The second-order valence-electron chi connectivity index (χ2n) is 13.0. The highest BCUT2D eigenvalue weighted by Gasteiger charge is 2.55. The van der Waals surface area contributed by atoms with Gasteiger partial charge in [0.15, 0.2) is 0 Å². The van der Waals surface area contributed by atoms with Crippen LogP contribution in [0.25, 0.3) is 0 Å². The number of nitrogens with zero attached hydrogens (tertiary/aromatic N) is 3. The van der Waals surface area contributed by atoms with E-state index in [1.165, 1.54) is 0 Å². The molecule has 1 fully saturated rings. The Bertz CT molecular complexity index is 1240. The molecule has 3 rings (SSSR count). The third-order valence-corrected chi connectivity index (χ3v) is 7.32. The number of carbonyl (C=O) groups excluding carboxylic acids is 3. The first-order valence-electron chi connectivity index (χ1n) is 14.6. The Labute approximate surface area is 259 Å². The molecule has 0 spiro atoms. The fraction of sp³-hybridized carbons (Fsp3) is 0.531. The molecule has 0 bridgehead atoms. The van der Waals surface area contributed by atoms with Crippen molar-refractivity contribution in [2.45, 2.75) is 102 Å². The van der Waals surface area contributed by atoms with Crippen LogP contribution < -0.4 is 16.4 Å². The first-order valence-corrected chi connectivity index (χ1v) is 14.6. The van der Waals surface area contributed by atoms with Crippen LogP contribution in [0.5, 0.6) is 0 Å². The van der Waals surface area contributed by atoms with Crippen LogP contribution in [0.15, 0.2) is 60.7 Å². The van der Waals surface area contributed by atoms with E-state index in [4.69, 9.17) is 26.0 Å². The Balaban J connectivity index is 0.00000330. The van der Waals surface area contributed by atoms with E-state index in [-0.39, 0.29) is 19.4 Å². The molecule has 3 amide bonds. The fourth-order valence-corrected chi connectivity index (χ4v) is 5.55. The van der Waals surface area contributed by atoms with Gasteiger partial charge < -0.3 is 30.9 Å². The lowest BCUT2D eigenvalue weighted by Crippen LogP contribution is -2.62. The number of carbonyl (C=O) groups is 3. The molecule has 1 heterocycles. The van der Waals surface area contributed by atoms with Gasteiger partial charge >= 0.3 is 12.2 Å². The van der Waals surface area contributed by atoms with Crippen molar-refractivity contribution < 1.29 is 29.0 Å². The van der Waals surface area contributed by atoms with Crippen molar-refractivity contribution in [1.82, 2.24) is 15.5 Å². The zero-order valence-corrected chi connectivity index (χ0v) is 26.4. The molecule has 0 radical (unpaired) electrons. The minimum Gasteiger partial charge on any atom is -0.445 e. The number of amides is 3. The number of hydrogen-bond donors (Lipinski definition) is 4. The average molecular weight is 611 g/mol. The summed E-state index contributed by atoms with van der Waals surface area (Å²) in [6.07, 6.45) is -2.05. The monoisotopic (exact) mass is 610 g/mol. The summed E-state index contributed by atoms with van der Waals surface area (Å²) in [5, 5.41) is 29.4. The van der Waals surface area contributed by atoms with Gasteiger partial charge in [-0.05, 0) is 65.5 Å². The molecule has 2 aromatic carbocycles. The van der Waals surface area contributed by atoms with Gasteiger partial charge in [0.25, 0.3) is 0 Å². The Morgan fingerprint density at radius 1 is 0.977 bits per heavy atom. The maximum Gasteiger partial charge on any atom is 0.407 e. The highest BCUT2D eigenvalue weighted by Crippen LogP contribution is 2.39. The average Bonchev–Trinajstić information content (AvgIpc) is 3.32. The number of likely N-dealkylation sites (tertiary alicyclic amines) is 1. The Kier molecular flexibility index (Phi) is 12.7. The molecule has 240 valence electrons. The lowest BCUT2D eigenvalue weighted by atomic mass is 9.82. The maximum atomic E-state index is 13.3. The summed E-state index contributed by atoms with van der Waals surface area (Å²) in [6.45, 7) is 11.6. The van der Waals surface area contributed by atoms with Gasteiger partial charge in [0.2, 0.25) is 5.91 Å². The standard InChI is InChI=1S/C32H46N4O6.N2/c1-30(2,3)36-20-24(34-29(40)42-31(4,5)6)18-32(36,27(33)38)19-26(37)25(17-22-13-9-7-10-14-22)35-28(39)41-21-23-15-11-8-12-16-23;1-2/h7-16,24-26,37H,17-21H2,1-6H3,(H2,33,38)(H,34,40)(H,35,39);/t24-,25+,26-,32-;/m1./s1. The zero-order valence-electron chi connectivity index (χ0n) is 26.4. The van der Waals surface area contributed by atoms with Crippen LogP contribution >= 0.6 is 0 Å². The van der Waals surface area contributed by atoms with Crippen LogP contribution in [0.3, 0.4) is 0 Å². The van der Waals surface area contributed by atoms with Gasteiger partial charge in [0.05, 0.1) is 12.1 Å². The first-order chi connectivity index (χ1) is 20.6.